The lowest BCUT2D eigenvalue weighted by Gasteiger charge is -2.51. The summed E-state index contributed by atoms with van der Waals surface area (Å²) in [5.74, 6) is 0. The van der Waals surface area contributed by atoms with Crippen molar-refractivity contribution in [3.8, 4) is 11.1 Å². The average molecular weight is 1030 g/mol. The molecule has 1 aliphatic carbocycles. The lowest BCUT2D eigenvalue weighted by Crippen LogP contribution is -2.62. The van der Waals surface area contributed by atoms with Crippen molar-refractivity contribution >= 4 is 100 Å². The predicted octanol–water partition coefficient (Wildman–Crippen LogP) is 18.7. The number of hydrogen-bond acceptors (Lipinski definition) is 4. The van der Waals surface area contributed by atoms with Crippen LogP contribution < -0.4 is 31.1 Å². The highest BCUT2D eigenvalue weighted by Gasteiger charge is 2.58. The Hall–Kier alpha value is -6.56. The van der Waals surface area contributed by atoms with Gasteiger partial charge in [0.2, 0.25) is 0 Å². The van der Waals surface area contributed by atoms with Crippen LogP contribution in [0, 0.1) is 0 Å². The van der Waals surface area contributed by atoms with E-state index in [2.05, 4.69) is 269 Å². The van der Waals surface area contributed by atoms with E-state index in [1.54, 1.807) is 0 Å². The molecule has 0 spiro atoms. The van der Waals surface area contributed by atoms with Gasteiger partial charge in [0.15, 0.2) is 0 Å². The van der Waals surface area contributed by atoms with E-state index in [1.165, 1.54) is 140 Å². The molecule has 8 aromatic carbocycles. The molecule has 0 bridgehead atoms. The maximum atomic E-state index is 2.84. The van der Waals surface area contributed by atoms with Gasteiger partial charge in [0.1, 0.15) is 0 Å². The van der Waals surface area contributed by atoms with Gasteiger partial charge >= 0.3 is 0 Å². The highest BCUT2D eigenvalue weighted by molar-refractivity contribution is 7.26. The molecule has 3 aliphatic heterocycles. The van der Waals surface area contributed by atoms with Gasteiger partial charge in [-0.2, -0.15) is 0 Å². The van der Waals surface area contributed by atoms with Crippen LogP contribution in [-0.2, 0) is 27.1 Å². The molecule has 4 aliphatic rings. The second-order valence-corrected chi connectivity index (χ2v) is 28.8. The van der Waals surface area contributed by atoms with E-state index in [9.17, 15) is 0 Å². The van der Waals surface area contributed by atoms with Gasteiger partial charge in [0.05, 0.1) is 21.6 Å². The number of nitrogens with zero attached hydrogens (tertiary/aromatic N) is 3. The number of hydrogen-bond donors (Lipinski definition) is 0. The standard InChI is InChI=1S/C72H76BN3S/c1-67(2,3)46-29-33-57(53(39-46)45-23-16-15-17-24-45)74-59-35-31-48(69(7,8)9)41-55(59)73-56-42-49(70(10,11)12)32-36-60(56)75(61-27-22-26-52-51-25-18-19-28-64(51)77-66(52)61)63-44-50(43-62(74)65(63)73)76-58-34-30-47(68(4,5)6)40-54(58)71(13)37-20-21-38-72(71,76)14/h15-19,22-36,39-44H,20-21,37-38H2,1-14H3. The number of fused-ring (bicyclic) bond motifs is 10. The number of thiophene rings is 1. The first-order valence-corrected chi connectivity index (χ1v) is 29.4. The van der Waals surface area contributed by atoms with E-state index in [-0.39, 0.29) is 39.3 Å². The molecule has 77 heavy (non-hydrogen) atoms. The van der Waals surface area contributed by atoms with Crippen molar-refractivity contribution in [3.05, 3.63) is 186 Å². The minimum atomic E-state index is -0.169. The molecular weight excluding hydrogens is 950 g/mol. The molecule has 9 aromatic rings. The van der Waals surface area contributed by atoms with Gasteiger partial charge in [-0.05, 0) is 146 Å². The van der Waals surface area contributed by atoms with E-state index in [1.807, 2.05) is 11.3 Å². The van der Waals surface area contributed by atoms with Crippen molar-refractivity contribution < 1.29 is 0 Å². The molecule has 0 saturated heterocycles. The normalized spacial score (nSPS) is 19.1. The van der Waals surface area contributed by atoms with Crippen LogP contribution in [0.1, 0.15) is 150 Å². The average Bonchev–Trinajstić information content (AvgIpc) is 3.96. The zero-order chi connectivity index (χ0) is 53.9. The first-order chi connectivity index (χ1) is 36.5. The quantitative estimate of drug-likeness (QED) is 0.163. The molecule has 13 rings (SSSR count). The van der Waals surface area contributed by atoms with Gasteiger partial charge in [-0.25, -0.2) is 0 Å². The molecule has 4 heterocycles. The summed E-state index contributed by atoms with van der Waals surface area (Å²) in [6.45, 7) is 33.6. The van der Waals surface area contributed by atoms with E-state index >= 15 is 0 Å². The topological polar surface area (TPSA) is 9.72 Å². The van der Waals surface area contributed by atoms with Gasteiger partial charge in [-0.1, -0.05) is 206 Å². The summed E-state index contributed by atoms with van der Waals surface area (Å²) in [5, 5.41) is 2.63. The monoisotopic (exact) mass is 1030 g/mol. The second kappa shape index (κ2) is 17.0. The Balaban J connectivity index is 1.20. The summed E-state index contributed by atoms with van der Waals surface area (Å²) in [6, 6.07) is 62.4. The first kappa shape index (κ1) is 50.0. The highest BCUT2D eigenvalue weighted by atomic mass is 32.1. The Morgan fingerprint density at radius 2 is 0.948 bits per heavy atom. The molecule has 2 atom stereocenters. The van der Waals surface area contributed by atoms with Crippen LogP contribution in [0.4, 0.5) is 45.5 Å². The van der Waals surface area contributed by atoms with Crippen LogP contribution in [-0.4, -0.2) is 12.3 Å². The third-order valence-electron chi connectivity index (χ3n) is 18.8. The van der Waals surface area contributed by atoms with Crippen molar-refractivity contribution in [1.82, 2.24) is 0 Å². The fourth-order valence-electron chi connectivity index (χ4n) is 14.1. The largest absolute Gasteiger partial charge is 0.334 e. The third kappa shape index (κ3) is 7.56. The van der Waals surface area contributed by atoms with Crippen molar-refractivity contribution in [2.75, 3.05) is 14.7 Å². The maximum Gasteiger partial charge on any atom is 0.252 e. The lowest BCUT2D eigenvalue weighted by atomic mass is 9.33. The predicted molar refractivity (Wildman–Crippen MR) is 336 cm³/mol. The number of anilines is 8. The van der Waals surface area contributed by atoms with Crippen LogP contribution in [0.2, 0.25) is 0 Å². The van der Waals surface area contributed by atoms with Gasteiger partial charge < -0.3 is 14.7 Å². The molecule has 2 unspecified atom stereocenters. The summed E-state index contributed by atoms with van der Waals surface area (Å²) in [4.78, 5) is 8.25. The minimum absolute atomic E-state index is 0.0307. The van der Waals surface area contributed by atoms with Gasteiger partial charge in [-0.15, -0.1) is 11.3 Å². The molecule has 0 N–H and O–H groups in total. The second-order valence-electron chi connectivity index (χ2n) is 27.8. The fraction of sp³-hybridized carbons (Fsp3) is 0.333. The first-order valence-electron chi connectivity index (χ1n) is 28.6. The van der Waals surface area contributed by atoms with Gasteiger partial charge in [-0.3, -0.25) is 0 Å². The molecule has 5 heteroatoms. The highest BCUT2D eigenvalue weighted by Crippen LogP contribution is 2.62. The van der Waals surface area contributed by atoms with Crippen molar-refractivity contribution in [3.63, 3.8) is 0 Å². The smallest absolute Gasteiger partial charge is 0.252 e. The molecule has 3 nitrogen and oxygen atoms in total. The number of rotatable bonds is 4. The van der Waals surface area contributed by atoms with E-state index in [4.69, 9.17) is 0 Å². The van der Waals surface area contributed by atoms with Crippen LogP contribution in [0.25, 0.3) is 31.3 Å². The Labute approximate surface area is 464 Å². The van der Waals surface area contributed by atoms with Crippen LogP contribution in [0.3, 0.4) is 0 Å². The van der Waals surface area contributed by atoms with Crippen LogP contribution in [0.15, 0.2) is 158 Å². The van der Waals surface area contributed by atoms with Crippen molar-refractivity contribution in [2.24, 2.45) is 0 Å². The Kier molecular flexibility index (Phi) is 11.0. The fourth-order valence-corrected chi connectivity index (χ4v) is 15.3. The Morgan fingerprint density at radius 3 is 1.56 bits per heavy atom. The lowest BCUT2D eigenvalue weighted by molar-refractivity contribution is 0.195. The summed E-state index contributed by atoms with van der Waals surface area (Å²) < 4.78 is 2.64. The Bertz CT molecular complexity index is 3870. The van der Waals surface area contributed by atoms with Gasteiger partial charge in [0, 0.05) is 60.6 Å². The van der Waals surface area contributed by atoms with E-state index in [0.29, 0.717) is 0 Å². The molecule has 1 saturated carbocycles. The van der Waals surface area contributed by atoms with Crippen molar-refractivity contribution in [2.45, 2.75) is 155 Å². The van der Waals surface area contributed by atoms with E-state index < -0.39 is 0 Å². The van der Waals surface area contributed by atoms with Crippen LogP contribution in [0.5, 0.6) is 0 Å². The molecule has 0 radical (unpaired) electrons. The summed E-state index contributed by atoms with van der Waals surface area (Å²) in [6.07, 6.45) is 4.74. The molecular formula is C72H76BN3S. The SMILES string of the molecule is CC(C)(C)c1ccc2c(c1)B1c3cc(C(C)(C)C)ccc3N(c3cccc4c3sc3ccccc34)c3cc(N4c5ccc(C(C)(C)C)cc5C5(C)CCCCC45C)cc(c31)N2c1ccc(C(C)(C)C)cc1-c1ccccc1. The third-order valence-corrected chi connectivity index (χ3v) is 20.0. The number of benzene rings is 8. The van der Waals surface area contributed by atoms with Gasteiger partial charge in [0.25, 0.3) is 6.71 Å². The van der Waals surface area contributed by atoms with Crippen molar-refractivity contribution in [1.29, 1.82) is 0 Å². The molecule has 1 aromatic heterocycles. The molecule has 1 fully saturated rings. The maximum absolute atomic E-state index is 2.84. The summed E-state index contributed by atoms with van der Waals surface area (Å²) in [5.41, 5.74) is 23.2. The minimum Gasteiger partial charge on any atom is -0.334 e. The summed E-state index contributed by atoms with van der Waals surface area (Å²) >= 11 is 1.93. The molecule has 388 valence electrons. The Morgan fingerprint density at radius 1 is 0.442 bits per heavy atom. The summed E-state index contributed by atoms with van der Waals surface area (Å²) in [7, 11) is 0. The zero-order valence-corrected chi connectivity index (χ0v) is 49.0. The van der Waals surface area contributed by atoms with Crippen LogP contribution >= 0.6 is 11.3 Å². The zero-order valence-electron chi connectivity index (χ0n) is 48.2. The van der Waals surface area contributed by atoms with E-state index in [0.717, 1.165) is 6.42 Å². The molecule has 0 amide bonds.